The Kier molecular flexibility index (Phi) is 1.65. The summed E-state index contributed by atoms with van der Waals surface area (Å²) in [6.45, 7) is 1.63. The lowest BCUT2D eigenvalue weighted by atomic mass is 10.0. The molecule has 0 bridgehead atoms. The zero-order chi connectivity index (χ0) is 8.77. The highest BCUT2D eigenvalue weighted by molar-refractivity contribution is 6.30. The van der Waals surface area contributed by atoms with E-state index in [4.69, 9.17) is 11.6 Å². The Morgan fingerprint density at radius 2 is 2.25 bits per heavy atom. The minimum atomic E-state index is -1.14. The molecule has 0 nitrogen and oxygen atoms in total. The van der Waals surface area contributed by atoms with Crippen LogP contribution in [0.5, 0.6) is 0 Å². The summed E-state index contributed by atoms with van der Waals surface area (Å²) in [6.07, 6.45) is 1.39. The second-order valence-electron chi connectivity index (χ2n) is 3.50. The molecule has 1 aromatic rings. The minimum Gasteiger partial charge on any atom is -0.239 e. The Hall–Kier alpha value is -0.560. The largest absolute Gasteiger partial charge is 0.239 e. The van der Waals surface area contributed by atoms with Gasteiger partial charge >= 0.3 is 0 Å². The van der Waals surface area contributed by atoms with Gasteiger partial charge in [0.1, 0.15) is 5.67 Å². The van der Waals surface area contributed by atoms with Crippen LogP contribution in [0.4, 0.5) is 4.39 Å². The Morgan fingerprint density at radius 3 is 3.00 bits per heavy atom. The fourth-order valence-electron chi connectivity index (χ4n) is 1.78. The molecule has 1 aliphatic carbocycles. The maximum Gasteiger partial charge on any atom is 0.133 e. The maximum atomic E-state index is 13.7. The molecule has 0 aromatic heterocycles. The standard InChI is InChI=1S/C10H10ClF/c1-10(12)5-4-7-6-8(11)2-3-9(7)10/h2-3,6H,4-5H2,1H3. The molecular formula is C10H10ClF. The average Bonchev–Trinajstić information content (AvgIpc) is 2.27. The van der Waals surface area contributed by atoms with E-state index in [1.54, 1.807) is 19.1 Å². The molecule has 1 unspecified atom stereocenters. The molecule has 2 heteroatoms. The summed E-state index contributed by atoms with van der Waals surface area (Å²) in [5, 5.41) is 0.700. The van der Waals surface area contributed by atoms with Gasteiger partial charge in [0.15, 0.2) is 0 Å². The van der Waals surface area contributed by atoms with E-state index < -0.39 is 5.67 Å². The van der Waals surface area contributed by atoms with Crippen molar-refractivity contribution in [2.45, 2.75) is 25.4 Å². The van der Waals surface area contributed by atoms with Crippen LogP contribution < -0.4 is 0 Å². The number of halogens is 2. The molecule has 0 radical (unpaired) electrons. The number of alkyl halides is 1. The lowest BCUT2D eigenvalue weighted by Crippen LogP contribution is -2.09. The topological polar surface area (TPSA) is 0 Å². The third-order valence-corrected chi connectivity index (χ3v) is 2.73. The Labute approximate surface area is 76.4 Å². The maximum absolute atomic E-state index is 13.7. The van der Waals surface area contributed by atoms with Gasteiger partial charge in [0.25, 0.3) is 0 Å². The lowest BCUT2D eigenvalue weighted by Gasteiger charge is -2.13. The van der Waals surface area contributed by atoms with E-state index in [9.17, 15) is 4.39 Å². The number of rotatable bonds is 0. The van der Waals surface area contributed by atoms with Crippen molar-refractivity contribution in [2.75, 3.05) is 0 Å². The van der Waals surface area contributed by atoms with Gasteiger partial charge in [-0.15, -0.1) is 0 Å². The van der Waals surface area contributed by atoms with Crippen LogP contribution in [0.15, 0.2) is 18.2 Å². The summed E-state index contributed by atoms with van der Waals surface area (Å²) in [6, 6.07) is 5.41. The lowest BCUT2D eigenvalue weighted by molar-refractivity contribution is 0.194. The number of benzene rings is 1. The van der Waals surface area contributed by atoms with Gasteiger partial charge in [0, 0.05) is 5.02 Å². The number of hydrogen-bond acceptors (Lipinski definition) is 0. The average molecular weight is 185 g/mol. The monoisotopic (exact) mass is 184 g/mol. The van der Waals surface area contributed by atoms with Crippen molar-refractivity contribution in [1.82, 2.24) is 0 Å². The van der Waals surface area contributed by atoms with Crippen molar-refractivity contribution < 1.29 is 4.39 Å². The van der Waals surface area contributed by atoms with E-state index in [1.165, 1.54) is 0 Å². The first-order valence-corrected chi connectivity index (χ1v) is 4.45. The number of fused-ring (bicyclic) bond motifs is 1. The summed E-state index contributed by atoms with van der Waals surface area (Å²) >= 11 is 5.79. The summed E-state index contributed by atoms with van der Waals surface area (Å²) in [7, 11) is 0. The van der Waals surface area contributed by atoms with E-state index in [-0.39, 0.29) is 0 Å². The second-order valence-corrected chi connectivity index (χ2v) is 3.94. The molecule has 64 valence electrons. The molecule has 1 atom stereocenters. The fourth-order valence-corrected chi connectivity index (χ4v) is 1.98. The summed E-state index contributed by atoms with van der Waals surface area (Å²) < 4.78 is 13.7. The van der Waals surface area contributed by atoms with Gasteiger partial charge in [0.2, 0.25) is 0 Å². The van der Waals surface area contributed by atoms with Gasteiger partial charge < -0.3 is 0 Å². The SMILES string of the molecule is CC1(F)CCc2cc(Cl)ccc21. The zero-order valence-electron chi connectivity index (χ0n) is 6.90. The van der Waals surface area contributed by atoms with Crippen molar-refractivity contribution in [2.24, 2.45) is 0 Å². The summed E-state index contributed by atoms with van der Waals surface area (Å²) in [5.41, 5.74) is 0.735. The molecule has 1 aromatic carbocycles. The first kappa shape index (κ1) is 8.06. The fraction of sp³-hybridized carbons (Fsp3) is 0.400. The van der Waals surface area contributed by atoms with E-state index in [1.807, 2.05) is 6.07 Å². The second kappa shape index (κ2) is 2.46. The minimum absolute atomic E-state index is 0.586. The number of aryl methyl sites for hydroxylation is 1. The third kappa shape index (κ3) is 1.13. The molecule has 2 rings (SSSR count). The molecule has 0 saturated carbocycles. The Balaban J connectivity index is 2.55. The molecule has 0 fully saturated rings. The molecule has 12 heavy (non-hydrogen) atoms. The molecule has 0 amide bonds. The highest BCUT2D eigenvalue weighted by Crippen LogP contribution is 2.40. The molecule has 0 N–H and O–H groups in total. The molecule has 0 heterocycles. The van der Waals surface area contributed by atoms with Crippen LogP contribution in [0, 0.1) is 0 Å². The van der Waals surface area contributed by atoms with Gasteiger partial charge in [-0.05, 0) is 43.0 Å². The molecule has 0 spiro atoms. The van der Waals surface area contributed by atoms with Gasteiger partial charge in [-0.25, -0.2) is 4.39 Å². The van der Waals surface area contributed by atoms with Gasteiger partial charge in [-0.2, -0.15) is 0 Å². The van der Waals surface area contributed by atoms with Crippen LogP contribution in [-0.2, 0) is 12.1 Å². The van der Waals surface area contributed by atoms with E-state index in [2.05, 4.69) is 0 Å². The molecular weight excluding hydrogens is 175 g/mol. The first-order chi connectivity index (χ1) is 5.59. The zero-order valence-corrected chi connectivity index (χ0v) is 7.66. The van der Waals surface area contributed by atoms with Crippen LogP contribution >= 0.6 is 11.6 Å². The van der Waals surface area contributed by atoms with E-state index in [0.717, 1.165) is 17.5 Å². The quantitative estimate of drug-likeness (QED) is 0.579. The van der Waals surface area contributed by atoms with Crippen LogP contribution in [0.3, 0.4) is 0 Å². The van der Waals surface area contributed by atoms with Gasteiger partial charge in [0.05, 0.1) is 0 Å². The van der Waals surface area contributed by atoms with Crippen LogP contribution in [0.2, 0.25) is 5.02 Å². The van der Waals surface area contributed by atoms with Crippen molar-refractivity contribution >= 4 is 11.6 Å². The van der Waals surface area contributed by atoms with Crippen LogP contribution in [-0.4, -0.2) is 0 Å². The van der Waals surface area contributed by atoms with Crippen molar-refractivity contribution in [3.63, 3.8) is 0 Å². The predicted molar refractivity (Wildman–Crippen MR) is 48.2 cm³/mol. The molecule has 0 aliphatic heterocycles. The third-order valence-electron chi connectivity index (χ3n) is 2.49. The van der Waals surface area contributed by atoms with Crippen molar-refractivity contribution in [3.8, 4) is 0 Å². The Morgan fingerprint density at radius 1 is 1.50 bits per heavy atom. The van der Waals surface area contributed by atoms with Gasteiger partial charge in [-0.1, -0.05) is 17.7 Å². The van der Waals surface area contributed by atoms with E-state index in [0.29, 0.717) is 11.4 Å². The van der Waals surface area contributed by atoms with Gasteiger partial charge in [-0.3, -0.25) is 0 Å². The smallest absolute Gasteiger partial charge is 0.133 e. The van der Waals surface area contributed by atoms with Crippen LogP contribution in [0.25, 0.3) is 0 Å². The molecule has 1 aliphatic rings. The van der Waals surface area contributed by atoms with Crippen LogP contribution in [0.1, 0.15) is 24.5 Å². The Bertz CT molecular complexity index is 318. The van der Waals surface area contributed by atoms with E-state index >= 15 is 0 Å². The highest BCUT2D eigenvalue weighted by atomic mass is 35.5. The number of hydrogen-bond donors (Lipinski definition) is 0. The normalized spacial score (nSPS) is 27.2. The van der Waals surface area contributed by atoms with Crippen molar-refractivity contribution in [3.05, 3.63) is 34.3 Å². The molecule has 0 saturated heterocycles. The highest BCUT2D eigenvalue weighted by Gasteiger charge is 2.33. The van der Waals surface area contributed by atoms with Crippen molar-refractivity contribution in [1.29, 1.82) is 0 Å². The predicted octanol–water partition coefficient (Wildman–Crippen LogP) is 3.47. The summed E-state index contributed by atoms with van der Waals surface area (Å²) in [5.74, 6) is 0. The summed E-state index contributed by atoms with van der Waals surface area (Å²) in [4.78, 5) is 0. The first-order valence-electron chi connectivity index (χ1n) is 4.07.